The molecule has 0 unspecified atom stereocenters. The Morgan fingerprint density at radius 2 is 2.13 bits per heavy atom. The molecular weight excluding hydrogens is 260 g/mol. The van der Waals surface area contributed by atoms with E-state index in [1.807, 2.05) is 0 Å². The summed E-state index contributed by atoms with van der Waals surface area (Å²) in [4.78, 5) is 0. The van der Waals surface area contributed by atoms with Crippen LogP contribution in [0.2, 0.25) is 10.0 Å². The fourth-order valence-corrected chi connectivity index (χ4v) is 1.56. The molecule has 0 spiro atoms. The lowest BCUT2D eigenvalue weighted by Gasteiger charge is -2.09. The fraction of sp³-hybridized carbons (Fsp3) is 0. The Balaban J connectivity index is 3.43. The van der Waals surface area contributed by atoms with E-state index in [2.05, 4.69) is 17.5 Å². The molecular formula is C8H4Cl2FN3S. The number of hydrogen-bond acceptors (Lipinski definition) is 2. The third-order valence-corrected chi connectivity index (χ3v) is 2.21. The first-order valence-corrected chi connectivity index (χ1v) is 4.77. The Morgan fingerprint density at radius 3 is 2.60 bits per heavy atom. The van der Waals surface area contributed by atoms with Gasteiger partial charge in [-0.15, -0.1) is 0 Å². The molecule has 1 rings (SSSR count). The molecule has 0 radical (unpaired) electrons. The van der Waals surface area contributed by atoms with Crippen LogP contribution in [0.5, 0.6) is 0 Å². The number of nitrogens with one attached hydrogen (secondary N) is 1. The maximum atomic E-state index is 13.4. The highest BCUT2D eigenvalue weighted by Gasteiger charge is 2.16. The predicted molar refractivity (Wildman–Crippen MR) is 61.5 cm³/mol. The van der Waals surface area contributed by atoms with Gasteiger partial charge in [0.05, 0.1) is 15.7 Å². The van der Waals surface area contributed by atoms with Gasteiger partial charge in [0.2, 0.25) is 0 Å². The van der Waals surface area contributed by atoms with Gasteiger partial charge in [-0.2, -0.15) is 5.26 Å². The largest absolute Gasteiger partial charge is 0.376 e. The quantitative estimate of drug-likeness (QED) is 0.604. The van der Waals surface area contributed by atoms with Crippen LogP contribution < -0.4 is 11.1 Å². The summed E-state index contributed by atoms with van der Waals surface area (Å²) < 4.78 is 13.4. The van der Waals surface area contributed by atoms with Crippen LogP contribution >= 0.6 is 35.4 Å². The first kappa shape index (κ1) is 12.0. The van der Waals surface area contributed by atoms with E-state index in [4.69, 9.17) is 34.2 Å². The first-order valence-electron chi connectivity index (χ1n) is 3.61. The summed E-state index contributed by atoms with van der Waals surface area (Å²) in [6, 6.07) is 2.80. The number of halogens is 3. The second-order valence-electron chi connectivity index (χ2n) is 2.51. The van der Waals surface area contributed by atoms with E-state index in [1.165, 1.54) is 6.07 Å². The molecule has 0 aliphatic carbocycles. The van der Waals surface area contributed by atoms with Crippen molar-refractivity contribution < 1.29 is 4.39 Å². The Morgan fingerprint density at radius 1 is 1.53 bits per heavy atom. The van der Waals surface area contributed by atoms with Gasteiger partial charge in [0.15, 0.2) is 10.9 Å². The van der Waals surface area contributed by atoms with Gasteiger partial charge in [-0.1, -0.05) is 23.2 Å². The van der Waals surface area contributed by atoms with E-state index in [-0.39, 0.29) is 26.4 Å². The van der Waals surface area contributed by atoms with Crippen LogP contribution in [0.1, 0.15) is 5.56 Å². The zero-order valence-corrected chi connectivity index (χ0v) is 9.47. The van der Waals surface area contributed by atoms with E-state index >= 15 is 0 Å². The third-order valence-electron chi connectivity index (χ3n) is 1.53. The highest BCUT2D eigenvalue weighted by Crippen LogP contribution is 2.32. The lowest BCUT2D eigenvalue weighted by molar-refractivity contribution is 0.625. The molecule has 1 aromatic rings. The highest BCUT2D eigenvalue weighted by molar-refractivity contribution is 7.80. The number of thiocarbonyl (C=S) groups is 1. The lowest BCUT2D eigenvalue weighted by atomic mass is 10.2. The minimum absolute atomic E-state index is 0.0218. The maximum absolute atomic E-state index is 13.4. The molecule has 7 heteroatoms. The summed E-state index contributed by atoms with van der Waals surface area (Å²) in [5, 5.41) is 10.9. The fourth-order valence-electron chi connectivity index (χ4n) is 0.946. The van der Waals surface area contributed by atoms with E-state index in [1.54, 1.807) is 6.07 Å². The van der Waals surface area contributed by atoms with Crippen molar-refractivity contribution >= 4 is 46.2 Å². The number of anilines is 1. The van der Waals surface area contributed by atoms with Crippen LogP contribution in [0, 0.1) is 17.1 Å². The molecule has 78 valence electrons. The van der Waals surface area contributed by atoms with Gasteiger partial charge in [-0.25, -0.2) is 4.39 Å². The molecule has 0 amide bonds. The van der Waals surface area contributed by atoms with E-state index in [0.29, 0.717) is 0 Å². The van der Waals surface area contributed by atoms with E-state index < -0.39 is 5.82 Å². The number of nitrogens with zero attached hydrogens (tertiary/aromatic N) is 1. The normalized spacial score (nSPS) is 9.47. The predicted octanol–water partition coefficient (Wildman–Crippen LogP) is 2.66. The average molecular weight is 264 g/mol. The first-order chi connectivity index (χ1) is 6.97. The Labute approximate surface area is 101 Å². The summed E-state index contributed by atoms with van der Waals surface area (Å²) in [6.45, 7) is 0. The van der Waals surface area contributed by atoms with Gasteiger partial charge < -0.3 is 11.1 Å². The summed E-state index contributed by atoms with van der Waals surface area (Å²) in [6.07, 6.45) is 0. The van der Waals surface area contributed by atoms with Crippen molar-refractivity contribution in [2.24, 2.45) is 5.73 Å². The van der Waals surface area contributed by atoms with Crippen molar-refractivity contribution in [3.05, 3.63) is 27.5 Å². The number of hydrogen-bond donors (Lipinski definition) is 2. The molecule has 3 N–H and O–H groups in total. The number of rotatable bonds is 1. The molecule has 0 saturated carbocycles. The highest BCUT2D eigenvalue weighted by atomic mass is 35.5. The second kappa shape index (κ2) is 4.62. The number of benzene rings is 1. The zero-order chi connectivity index (χ0) is 11.6. The van der Waals surface area contributed by atoms with E-state index in [0.717, 1.165) is 0 Å². The summed E-state index contributed by atoms with van der Waals surface area (Å²) in [7, 11) is 0. The van der Waals surface area contributed by atoms with Crippen LogP contribution in [-0.2, 0) is 0 Å². The molecule has 0 aliphatic rings. The average Bonchev–Trinajstić information content (AvgIpc) is 2.14. The van der Waals surface area contributed by atoms with Gasteiger partial charge in [-0.3, -0.25) is 0 Å². The molecule has 0 bridgehead atoms. The Hall–Kier alpha value is -1.09. The smallest absolute Gasteiger partial charge is 0.168 e. The van der Waals surface area contributed by atoms with Gasteiger partial charge >= 0.3 is 0 Å². The maximum Gasteiger partial charge on any atom is 0.168 e. The molecule has 0 aromatic heterocycles. The van der Waals surface area contributed by atoms with Crippen LogP contribution in [0.3, 0.4) is 0 Å². The van der Waals surface area contributed by atoms with Gasteiger partial charge in [-0.05, 0) is 18.3 Å². The molecule has 0 fully saturated rings. The van der Waals surface area contributed by atoms with Crippen molar-refractivity contribution in [1.82, 2.24) is 0 Å². The monoisotopic (exact) mass is 263 g/mol. The zero-order valence-electron chi connectivity index (χ0n) is 7.14. The molecule has 0 aliphatic heterocycles. The minimum atomic E-state index is -0.859. The van der Waals surface area contributed by atoms with Crippen LogP contribution in [0.15, 0.2) is 6.07 Å². The van der Waals surface area contributed by atoms with Crippen molar-refractivity contribution in [2.75, 3.05) is 5.32 Å². The topological polar surface area (TPSA) is 61.8 Å². The van der Waals surface area contributed by atoms with Crippen LogP contribution in [-0.4, -0.2) is 5.11 Å². The molecule has 15 heavy (non-hydrogen) atoms. The molecule has 0 saturated heterocycles. The molecule has 1 aromatic carbocycles. The lowest BCUT2D eigenvalue weighted by Crippen LogP contribution is -2.20. The third kappa shape index (κ3) is 2.48. The summed E-state index contributed by atoms with van der Waals surface area (Å²) in [5.74, 6) is -0.859. The van der Waals surface area contributed by atoms with E-state index in [9.17, 15) is 4.39 Å². The Kier molecular flexibility index (Phi) is 3.69. The summed E-state index contributed by atoms with van der Waals surface area (Å²) >= 11 is 15.8. The van der Waals surface area contributed by atoms with Crippen LogP contribution in [0.4, 0.5) is 10.1 Å². The molecule has 0 heterocycles. The van der Waals surface area contributed by atoms with Crippen molar-refractivity contribution in [3.63, 3.8) is 0 Å². The van der Waals surface area contributed by atoms with Gasteiger partial charge in [0.1, 0.15) is 11.6 Å². The standard InChI is InChI=1S/C8H4Cl2FN3S/c9-4-1-5(10)7(14-8(13)15)3(2-12)6(4)11/h1H,(H3,13,14,15). The van der Waals surface area contributed by atoms with Crippen molar-refractivity contribution in [3.8, 4) is 6.07 Å². The summed E-state index contributed by atoms with van der Waals surface area (Å²) in [5.41, 5.74) is 4.90. The number of nitriles is 1. The SMILES string of the molecule is N#Cc1c(F)c(Cl)cc(Cl)c1NC(N)=S. The minimum Gasteiger partial charge on any atom is -0.376 e. The van der Waals surface area contributed by atoms with Gasteiger partial charge in [0.25, 0.3) is 0 Å². The molecule has 3 nitrogen and oxygen atoms in total. The van der Waals surface area contributed by atoms with Gasteiger partial charge in [0, 0.05) is 0 Å². The van der Waals surface area contributed by atoms with Crippen LogP contribution in [0.25, 0.3) is 0 Å². The molecule has 0 atom stereocenters. The number of nitrogens with two attached hydrogens (primary N) is 1. The van der Waals surface area contributed by atoms with Crippen molar-refractivity contribution in [1.29, 1.82) is 5.26 Å². The second-order valence-corrected chi connectivity index (χ2v) is 3.76. The Bertz CT molecular complexity index is 470. The van der Waals surface area contributed by atoms with Crippen molar-refractivity contribution in [2.45, 2.75) is 0 Å².